The lowest BCUT2D eigenvalue weighted by Crippen LogP contribution is -2.46. The summed E-state index contributed by atoms with van der Waals surface area (Å²) in [7, 11) is -5.68. The van der Waals surface area contributed by atoms with Crippen molar-refractivity contribution < 1.29 is 21.2 Å². The highest BCUT2D eigenvalue weighted by atomic mass is 35.5. The first-order valence-electron chi connectivity index (χ1n) is 7.08. The van der Waals surface area contributed by atoms with Crippen LogP contribution in [0.2, 0.25) is 0 Å². The van der Waals surface area contributed by atoms with E-state index >= 15 is 0 Å². The molecule has 0 saturated carbocycles. The highest BCUT2D eigenvalue weighted by Gasteiger charge is 2.30. The normalized spacial score (nSPS) is 19.5. The van der Waals surface area contributed by atoms with Crippen LogP contribution in [-0.2, 0) is 20.0 Å². The monoisotopic (exact) mass is 401 g/mol. The average Bonchev–Trinajstić information content (AvgIpc) is 2.48. The van der Waals surface area contributed by atoms with Gasteiger partial charge in [-0.05, 0) is 38.1 Å². The number of rotatable bonds is 5. The number of benzene rings is 1. The van der Waals surface area contributed by atoms with Crippen molar-refractivity contribution in [3.63, 3.8) is 0 Å². The molecule has 2 rings (SSSR count). The van der Waals surface area contributed by atoms with Crippen LogP contribution in [-0.4, -0.2) is 53.6 Å². The minimum atomic E-state index is -3.81. The van der Waals surface area contributed by atoms with Crippen molar-refractivity contribution in [3.05, 3.63) is 24.0 Å². The van der Waals surface area contributed by atoms with Crippen LogP contribution in [0.15, 0.2) is 23.1 Å². The fourth-order valence-electron chi connectivity index (χ4n) is 2.48. The molecule has 1 aliphatic rings. The number of halogens is 2. The van der Waals surface area contributed by atoms with Gasteiger partial charge >= 0.3 is 0 Å². The predicted octanol–water partition coefficient (Wildman–Crippen LogP) is 0.992. The quantitative estimate of drug-likeness (QED) is 0.767. The van der Waals surface area contributed by atoms with Crippen molar-refractivity contribution in [1.82, 2.24) is 9.62 Å². The lowest BCUT2D eigenvalue weighted by molar-refractivity contribution is 0.293. The topological polar surface area (TPSA) is 95.6 Å². The SMILES string of the molecule is CNC1CCCN(S(=O)(=O)c2ccc(NS(C)(=O)=O)c(F)c2)C1.Cl. The molecular formula is C13H21ClFN3O4S2. The summed E-state index contributed by atoms with van der Waals surface area (Å²) in [5.74, 6) is -0.932. The van der Waals surface area contributed by atoms with E-state index in [1.54, 1.807) is 7.05 Å². The zero-order chi connectivity index (χ0) is 17.3. The number of nitrogens with one attached hydrogen (secondary N) is 2. The van der Waals surface area contributed by atoms with Crippen LogP contribution >= 0.6 is 12.4 Å². The number of piperidine rings is 1. The molecule has 1 aromatic rings. The molecule has 0 bridgehead atoms. The van der Waals surface area contributed by atoms with E-state index < -0.39 is 25.9 Å². The van der Waals surface area contributed by atoms with Crippen molar-refractivity contribution in [3.8, 4) is 0 Å². The molecule has 1 fully saturated rings. The summed E-state index contributed by atoms with van der Waals surface area (Å²) in [6.07, 6.45) is 2.50. The second-order valence-electron chi connectivity index (χ2n) is 5.51. The Hall–Kier alpha value is -0.940. The molecule has 1 aromatic carbocycles. The lowest BCUT2D eigenvalue weighted by Gasteiger charge is -2.31. The van der Waals surface area contributed by atoms with Gasteiger partial charge in [-0.1, -0.05) is 0 Å². The van der Waals surface area contributed by atoms with Crippen molar-refractivity contribution in [2.24, 2.45) is 0 Å². The Morgan fingerprint density at radius 1 is 1.25 bits per heavy atom. The van der Waals surface area contributed by atoms with E-state index in [2.05, 4.69) is 5.32 Å². The molecule has 11 heteroatoms. The zero-order valence-corrected chi connectivity index (χ0v) is 15.8. The fourth-order valence-corrected chi connectivity index (χ4v) is 4.59. The second kappa shape index (κ2) is 7.96. The molecule has 0 aromatic heterocycles. The third-order valence-corrected chi connectivity index (χ3v) is 6.12. The van der Waals surface area contributed by atoms with Gasteiger partial charge in [0.2, 0.25) is 20.0 Å². The molecule has 1 aliphatic heterocycles. The molecule has 2 N–H and O–H groups in total. The maximum absolute atomic E-state index is 14.0. The van der Waals surface area contributed by atoms with Gasteiger partial charge in [-0.3, -0.25) is 4.72 Å². The van der Waals surface area contributed by atoms with E-state index in [-0.39, 0.29) is 29.0 Å². The highest BCUT2D eigenvalue weighted by Crippen LogP contribution is 2.24. The summed E-state index contributed by atoms with van der Waals surface area (Å²) >= 11 is 0. The molecule has 24 heavy (non-hydrogen) atoms. The maximum atomic E-state index is 14.0. The molecule has 0 amide bonds. The van der Waals surface area contributed by atoms with Crippen molar-refractivity contribution in [2.45, 2.75) is 23.8 Å². The van der Waals surface area contributed by atoms with E-state index in [9.17, 15) is 21.2 Å². The van der Waals surface area contributed by atoms with Crippen LogP contribution in [0, 0.1) is 5.82 Å². The first-order chi connectivity index (χ1) is 10.6. The Labute approximate surface area is 148 Å². The Morgan fingerprint density at radius 3 is 2.46 bits per heavy atom. The fraction of sp³-hybridized carbons (Fsp3) is 0.538. The van der Waals surface area contributed by atoms with Gasteiger partial charge in [0, 0.05) is 19.1 Å². The average molecular weight is 402 g/mol. The van der Waals surface area contributed by atoms with Gasteiger partial charge in [-0.2, -0.15) is 4.31 Å². The number of nitrogens with zero attached hydrogens (tertiary/aromatic N) is 1. The van der Waals surface area contributed by atoms with Gasteiger partial charge in [-0.25, -0.2) is 21.2 Å². The standard InChI is InChI=1S/C13H20FN3O4S2.ClH/c1-15-10-4-3-7-17(9-10)23(20,21)11-5-6-13(12(14)8-11)16-22(2,18)19;/h5-6,8,10,15-16H,3-4,7,9H2,1-2H3;1H. The summed E-state index contributed by atoms with van der Waals surface area (Å²) in [5.41, 5.74) is -0.279. The summed E-state index contributed by atoms with van der Waals surface area (Å²) in [5, 5.41) is 3.05. The molecule has 0 spiro atoms. The Bertz CT molecular complexity index is 786. The minimum Gasteiger partial charge on any atom is -0.316 e. The van der Waals surface area contributed by atoms with Crippen molar-refractivity contribution >= 4 is 38.1 Å². The van der Waals surface area contributed by atoms with Crippen LogP contribution in [0.5, 0.6) is 0 Å². The number of sulfonamides is 2. The zero-order valence-electron chi connectivity index (χ0n) is 13.3. The molecule has 7 nitrogen and oxygen atoms in total. The third-order valence-electron chi connectivity index (χ3n) is 3.67. The van der Waals surface area contributed by atoms with Crippen LogP contribution in [0.25, 0.3) is 0 Å². The molecule has 1 saturated heterocycles. The third kappa shape index (κ3) is 5.03. The van der Waals surface area contributed by atoms with Gasteiger partial charge < -0.3 is 5.32 Å². The molecule has 0 aliphatic carbocycles. The Balaban J connectivity index is 0.00000288. The van der Waals surface area contributed by atoms with Gasteiger partial charge in [0.15, 0.2) is 0 Å². The first kappa shape index (κ1) is 21.1. The largest absolute Gasteiger partial charge is 0.316 e. The molecular weight excluding hydrogens is 381 g/mol. The Kier molecular flexibility index (Phi) is 7.00. The Morgan fingerprint density at radius 2 is 1.92 bits per heavy atom. The van der Waals surface area contributed by atoms with Gasteiger partial charge in [0.25, 0.3) is 0 Å². The number of likely N-dealkylation sites (N-methyl/N-ethyl adjacent to an activating group) is 1. The van der Waals surface area contributed by atoms with Crippen LogP contribution in [0.1, 0.15) is 12.8 Å². The smallest absolute Gasteiger partial charge is 0.243 e. The van der Waals surface area contributed by atoms with Gasteiger partial charge in [0.05, 0.1) is 16.8 Å². The highest BCUT2D eigenvalue weighted by molar-refractivity contribution is 7.92. The second-order valence-corrected chi connectivity index (χ2v) is 9.19. The van der Waals surface area contributed by atoms with E-state index in [4.69, 9.17) is 0 Å². The summed E-state index contributed by atoms with van der Waals surface area (Å²) in [6.45, 7) is 0.704. The molecule has 0 radical (unpaired) electrons. The number of hydrogen-bond donors (Lipinski definition) is 2. The molecule has 1 atom stereocenters. The van der Waals surface area contributed by atoms with Crippen LogP contribution < -0.4 is 10.0 Å². The van der Waals surface area contributed by atoms with Crippen molar-refractivity contribution in [2.75, 3.05) is 31.1 Å². The summed E-state index contributed by atoms with van der Waals surface area (Å²) in [6, 6.07) is 3.22. The molecule has 1 heterocycles. The summed E-state index contributed by atoms with van der Waals surface area (Å²) in [4.78, 5) is -0.189. The maximum Gasteiger partial charge on any atom is 0.243 e. The van der Waals surface area contributed by atoms with Crippen molar-refractivity contribution in [1.29, 1.82) is 0 Å². The molecule has 1 unspecified atom stereocenters. The van der Waals surface area contributed by atoms with Crippen LogP contribution in [0.4, 0.5) is 10.1 Å². The first-order valence-corrected chi connectivity index (χ1v) is 10.4. The van der Waals surface area contributed by atoms with E-state index in [1.165, 1.54) is 10.4 Å². The number of anilines is 1. The number of hydrogen-bond acceptors (Lipinski definition) is 5. The lowest BCUT2D eigenvalue weighted by atomic mass is 10.1. The van der Waals surface area contributed by atoms with Crippen LogP contribution in [0.3, 0.4) is 0 Å². The predicted molar refractivity (Wildman–Crippen MR) is 93.0 cm³/mol. The molecule has 138 valence electrons. The van der Waals surface area contributed by atoms with E-state index in [0.29, 0.717) is 13.1 Å². The minimum absolute atomic E-state index is 0. The van der Waals surface area contributed by atoms with Gasteiger partial charge in [0.1, 0.15) is 5.82 Å². The summed E-state index contributed by atoms with van der Waals surface area (Å²) < 4.78 is 64.8. The van der Waals surface area contributed by atoms with E-state index in [1.807, 2.05) is 4.72 Å². The van der Waals surface area contributed by atoms with Gasteiger partial charge in [-0.15, -0.1) is 12.4 Å². The van der Waals surface area contributed by atoms with E-state index in [0.717, 1.165) is 31.2 Å².